The number of carbonyl (C=O) groups is 1. The van der Waals surface area contributed by atoms with E-state index >= 15 is 0 Å². The molecule has 1 atom stereocenters. The summed E-state index contributed by atoms with van der Waals surface area (Å²) >= 11 is 2.94. The van der Waals surface area contributed by atoms with Gasteiger partial charge in [-0.2, -0.15) is 5.26 Å². The van der Waals surface area contributed by atoms with E-state index in [9.17, 15) is 10.1 Å². The Labute approximate surface area is 169 Å². The molecule has 3 rings (SSSR count). The summed E-state index contributed by atoms with van der Waals surface area (Å²) in [7, 11) is 1.77. The van der Waals surface area contributed by atoms with E-state index < -0.39 is 11.9 Å². The minimum absolute atomic E-state index is 0.00697. The molecular weight excluding hydrogens is 400 g/mol. The number of rotatable bonds is 6. The highest BCUT2D eigenvalue weighted by Crippen LogP contribution is 2.42. The lowest BCUT2D eigenvalue weighted by atomic mass is 9.87. The Morgan fingerprint density at radius 1 is 1.57 bits per heavy atom. The number of nitrogens with zero attached hydrogens (tertiary/aromatic N) is 5. The van der Waals surface area contributed by atoms with Crippen LogP contribution in [0.15, 0.2) is 39.4 Å². The highest BCUT2D eigenvalue weighted by Gasteiger charge is 2.37. The molecule has 0 unspecified atom stereocenters. The molecule has 0 fully saturated rings. The Balaban J connectivity index is 1.91. The molecule has 2 aromatic rings. The molecule has 2 N–H and O–H groups in total. The van der Waals surface area contributed by atoms with Gasteiger partial charge in [0.05, 0.1) is 18.1 Å². The van der Waals surface area contributed by atoms with Gasteiger partial charge in [-0.25, -0.2) is 9.48 Å². The quantitative estimate of drug-likeness (QED) is 0.554. The number of ether oxygens (including phenoxy) is 2. The summed E-state index contributed by atoms with van der Waals surface area (Å²) < 4.78 is 12.2. The number of nitrogens with two attached hydrogens (primary N) is 1. The van der Waals surface area contributed by atoms with Crippen LogP contribution in [-0.2, 0) is 27.1 Å². The molecule has 11 heteroatoms. The van der Waals surface area contributed by atoms with Crippen molar-refractivity contribution >= 4 is 29.1 Å². The third kappa shape index (κ3) is 3.88. The smallest absolute Gasteiger partial charge is 0.338 e. The van der Waals surface area contributed by atoms with Crippen LogP contribution in [0.1, 0.15) is 30.2 Å². The molecule has 0 radical (unpaired) electrons. The summed E-state index contributed by atoms with van der Waals surface area (Å²) in [6, 6.07) is 4.03. The molecular formula is C17H18N6O3S2. The Hall–Kier alpha value is -2.84. The minimum Gasteiger partial charge on any atom is -0.463 e. The number of aromatic nitrogens is 4. The van der Waals surface area contributed by atoms with Gasteiger partial charge in [-0.15, -0.1) is 16.4 Å². The summed E-state index contributed by atoms with van der Waals surface area (Å²) in [5.74, 6) is -0.133. The monoisotopic (exact) mass is 418 g/mol. The van der Waals surface area contributed by atoms with E-state index in [1.807, 2.05) is 11.4 Å². The van der Waals surface area contributed by atoms with E-state index in [2.05, 4.69) is 21.6 Å². The predicted molar refractivity (Wildman–Crippen MR) is 103 cm³/mol. The van der Waals surface area contributed by atoms with Crippen molar-refractivity contribution < 1.29 is 14.3 Å². The molecule has 3 heterocycles. The normalized spacial score (nSPS) is 16.7. The third-order valence-corrected chi connectivity index (χ3v) is 6.14. The zero-order valence-electron chi connectivity index (χ0n) is 15.5. The van der Waals surface area contributed by atoms with Crippen LogP contribution in [0, 0.1) is 11.3 Å². The van der Waals surface area contributed by atoms with Gasteiger partial charge in [0.1, 0.15) is 17.4 Å². The van der Waals surface area contributed by atoms with Crippen molar-refractivity contribution in [3.8, 4) is 6.07 Å². The summed E-state index contributed by atoms with van der Waals surface area (Å²) in [4.78, 5) is 13.3. The van der Waals surface area contributed by atoms with E-state index in [0.29, 0.717) is 22.2 Å². The van der Waals surface area contributed by atoms with Crippen LogP contribution in [0.5, 0.6) is 0 Å². The largest absolute Gasteiger partial charge is 0.463 e. The van der Waals surface area contributed by atoms with Crippen molar-refractivity contribution in [1.29, 1.82) is 5.26 Å². The van der Waals surface area contributed by atoms with Crippen molar-refractivity contribution in [2.24, 2.45) is 12.8 Å². The molecule has 146 valence electrons. The van der Waals surface area contributed by atoms with Crippen LogP contribution in [0.2, 0.25) is 0 Å². The van der Waals surface area contributed by atoms with Gasteiger partial charge in [-0.05, 0) is 41.3 Å². The zero-order valence-corrected chi connectivity index (χ0v) is 17.1. The van der Waals surface area contributed by atoms with Crippen molar-refractivity contribution in [3.05, 3.63) is 44.7 Å². The zero-order chi connectivity index (χ0) is 20.3. The van der Waals surface area contributed by atoms with Crippen LogP contribution < -0.4 is 5.73 Å². The predicted octanol–water partition coefficient (Wildman–Crippen LogP) is 2.21. The summed E-state index contributed by atoms with van der Waals surface area (Å²) in [6.07, 6.45) is 0. The highest BCUT2D eigenvalue weighted by molar-refractivity contribution is 7.98. The van der Waals surface area contributed by atoms with E-state index in [-0.39, 0.29) is 18.1 Å². The lowest BCUT2D eigenvalue weighted by Gasteiger charge is -2.25. The Kier molecular flexibility index (Phi) is 6.01. The first-order chi connectivity index (χ1) is 13.5. The maximum absolute atomic E-state index is 12.5. The number of tetrazole rings is 1. The fourth-order valence-electron chi connectivity index (χ4n) is 2.75. The topological polar surface area (TPSA) is 129 Å². The molecule has 9 nitrogen and oxygen atoms in total. The maximum Gasteiger partial charge on any atom is 0.338 e. The molecule has 0 saturated heterocycles. The van der Waals surface area contributed by atoms with Crippen molar-refractivity contribution in [1.82, 2.24) is 20.2 Å². The lowest BCUT2D eigenvalue weighted by Crippen LogP contribution is -2.25. The van der Waals surface area contributed by atoms with Gasteiger partial charge in [0.15, 0.2) is 0 Å². The number of allylic oxidation sites excluding steroid dienone is 2. The van der Waals surface area contributed by atoms with E-state index in [1.54, 1.807) is 25.6 Å². The van der Waals surface area contributed by atoms with E-state index in [4.69, 9.17) is 15.2 Å². The van der Waals surface area contributed by atoms with Crippen LogP contribution in [0.3, 0.4) is 0 Å². The van der Waals surface area contributed by atoms with Gasteiger partial charge in [0, 0.05) is 17.7 Å². The minimum atomic E-state index is -0.613. The van der Waals surface area contributed by atoms with Crippen molar-refractivity contribution in [2.75, 3.05) is 6.61 Å². The molecule has 0 spiro atoms. The van der Waals surface area contributed by atoms with Crippen LogP contribution in [0.25, 0.3) is 0 Å². The first-order valence-corrected chi connectivity index (χ1v) is 10.2. The first kappa shape index (κ1) is 19.9. The second-order valence-electron chi connectivity index (χ2n) is 5.85. The van der Waals surface area contributed by atoms with Crippen LogP contribution in [0.4, 0.5) is 0 Å². The van der Waals surface area contributed by atoms with Gasteiger partial charge in [0.25, 0.3) is 0 Å². The lowest BCUT2D eigenvalue weighted by molar-refractivity contribution is -0.139. The molecule has 0 amide bonds. The Morgan fingerprint density at radius 2 is 2.36 bits per heavy atom. The number of thioether (sulfide) groups is 1. The van der Waals surface area contributed by atoms with Gasteiger partial charge in [0.2, 0.25) is 11.0 Å². The molecule has 28 heavy (non-hydrogen) atoms. The Morgan fingerprint density at radius 3 is 3.00 bits per heavy atom. The molecule has 1 aliphatic rings. The second kappa shape index (κ2) is 8.45. The summed E-state index contributed by atoms with van der Waals surface area (Å²) in [5, 5.41) is 23.6. The van der Waals surface area contributed by atoms with Crippen molar-refractivity contribution in [3.63, 3.8) is 0 Å². The SMILES string of the molecule is CCOC(=O)C1=C(C)OC(N)=C(C#N)[C@@H]1c1cc(CSc2nnnn2C)cs1. The fraction of sp³-hybridized carbons (Fsp3) is 0.353. The molecule has 0 aliphatic carbocycles. The fourth-order valence-corrected chi connectivity index (χ4v) is 4.67. The number of thiophene rings is 1. The molecule has 1 aliphatic heterocycles. The third-order valence-electron chi connectivity index (χ3n) is 4.01. The van der Waals surface area contributed by atoms with Crippen LogP contribution in [-0.4, -0.2) is 32.8 Å². The van der Waals surface area contributed by atoms with E-state index in [1.165, 1.54) is 23.1 Å². The summed E-state index contributed by atoms with van der Waals surface area (Å²) in [6.45, 7) is 3.59. The second-order valence-corrected chi connectivity index (χ2v) is 7.73. The molecule has 0 saturated carbocycles. The van der Waals surface area contributed by atoms with Crippen molar-refractivity contribution in [2.45, 2.75) is 30.7 Å². The molecule has 0 bridgehead atoms. The number of esters is 1. The van der Waals surface area contributed by atoms with Gasteiger partial charge >= 0.3 is 5.97 Å². The van der Waals surface area contributed by atoms with Gasteiger partial charge in [-0.1, -0.05) is 11.8 Å². The summed E-state index contributed by atoms with van der Waals surface area (Å²) in [5.41, 5.74) is 7.44. The molecule has 2 aromatic heterocycles. The standard InChI is InChI=1S/C17H18N6O3S2/c1-4-25-16(24)13-9(2)26-15(19)11(6-18)14(13)12-5-10(7-27-12)8-28-17-20-21-22-23(17)3/h5,7,14H,4,8,19H2,1-3H3/t14-/m1/s1. The number of nitriles is 1. The number of aryl methyl sites for hydroxylation is 1. The highest BCUT2D eigenvalue weighted by atomic mass is 32.2. The first-order valence-electron chi connectivity index (χ1n) is 8.34. The average Bonchev–Trinajstić information content (AvgIpc) is 3.28. The number of carbonyl (C=O) groups excluding carboxylic acids is 1. The van der Waals surface area contributed by atoms with Crippen LogP contribution >= 0.6 is 23.1 Å². The average molecular weight is 419 g/mol. The Bertz CT molecular complexity index is 1000. The number of hydrogen-bond acceptors (Lipinski definition) is 10. The van der Waals surface area contributed by atoms with Gasteiger partial charge in [-0.3, -0.25) is 0 Å². The molecule has 0 aromatic carbocycles. The van der Waals surface area contributed by atoms with E-state index in [0.717, 1.165) is 10.4 Å². The maximum atomic E-state index is 12.5. The number of hydrogen-bond donors (Lipinski definition) is 1. The van der Waals surface area contributed by atoms with Gasteiger partial charge < -0.3 is 15.2 Å².